The summed E-state index contributed by atoms with van der Waals surface area (Å²) >= 11 is 0. The highest BCUT2D eigenvalue weighted by Crippen LogP contribution is 1.61. The molecule has 0 amide bonds. The third-order valence-electron chi connectivity index (χ3n) is 0.483. The van der Waals surface area contributed by atoms with Gasteiger partial charge in [0.1, 0.15) is 12.5 Å². The Kier molecular flexibility index (Phi) is 14.8. The van der Waals surface area contributed by atoms with Crippen molar-refractivity contribution in [2.45, 2.75) is 12.5 Å². The minimum Gasteiger partial charge on any atom is -0.375 e. The third kappa shape index (κ3) is 162. The zero-order valence-corrected chi connectivity index (χ0v) is 8.71. The van der Waals surface area contributed by atoms with Crippen molar-refractivity contribution in [3.63, 3.8) is 0 Å². The lowest BCUT2D eigenvalue weighted by molar-refractivity contribution is 0.231. The highest BCUT2D eigenvalue weighted by atomic mass is 32.3. The van der Waals surface area contributed by atoms with E-state index in [0.29, 0.717) is 0 Å². The van der Waals surface area contributed by atoms with Crippen molar-refractivity contribution >= 4 is 10.4 Å². The number of rotatable bonds is 2. The van der Waals surface area contributed by atoms with Gasteiger partial charge < -0.3 is 21.7 Å². The maximum atomic E-state index is 8.74. The van der Waals surface area contributed by atoms with Gasteiger partial charge in [-0.3, -0.25) is 9.11 Å². The summed E-state index contributed by atoms with van der Waals surface area (Å²) in [4.78, 5) is 0. The molecule has 2 atom stereocenters. The highest BCUT2D eigenvalue weighted by molar-refractivity contribution is 7.79. The first-order chi connectivity index (χ1) is 6.54. The molecule has 0 bridgehead atoms. The van der Waals surface area contributed by atoms with Crippen molar-refractivity contribution in [1.82, 2.24) is 0 Å². The van der Waals surface area contributed by atoms with Gasteiger partial charge in [-0.2, -0.15) is 8.42 Å². The molecule has 92 valence electrons. The molecule has 15 heavy (non-hydrogen) atoms. The summed E-state index contributed by atoms with van der Waals surface area (Å²) in [6.45, 7) is 6.37. The van der Waals surface area contributed by atoms with Crippen LogP contribution < -0.4 is 11.5 Å². The Morgan fingerprint density at radius 3 is 1.07 bits per heavy atom. The molecule has 0 heterocycles. The zero-order chi connectivity index (χ0) is 13.1. The van der Waals surface area contributed by atoms with Crippen LogP contribution in [0, 0.1) is 0 Å². The monoisotopic (exact) mass is 244 g/mol. The van der Waals surface area contributed by atoms with Crippen LogP contribution in [-0.4, -0.2) is 40.2 Å². The fourth-order valence-electron chi connectivity index (χ4n) is 0. The van der Waals surface area contributed by atoms with E-state index in [-0.39, 0.29) is 0 Å². The molecule has 0 aliphatic rings. The predicted molar refractivity (Wildman–Crippen MR) is 55.0 cm³/mol. The minimum absolute atomic E-state index is 0.852. The number of hydrogen-bond donors (Lipinski definition) is 6. The molecule has 8 nitrogen and oxygen atoms in total. The van der Waals surface area contributed by atoms with Crippen molar-refractivity contribution in [3.05, 3.63) is 25.3 Å². The maximum Gasteiger partial charge on any atom is 0.394 e. The standard InChI is InChI=1S/2C3H7NO.H2O4S/c2*1-2-3(4)5;1-5(2,3)4/h2*2-3,5H,1,4H2;(H2,1,2,3,4). The first kappa shape index (κ1) is 19.7. The van der Waals surface area contributed by atoms with Crippen LogP contribution >= 0.6 is 0 Å². The lowest BCUT2D eigenvalue weighted by Crippen LogP contribution is -2.13. The van der Waals surface area contributed by atoms with Gasteiger partial charge in [-0.25, -0.2) is 0 Å². The summed E-state index contributed by atoms with van der Waals surface area (Å²) in [7, 11) is -4.67. The van der Waals surface area contributed by atoms with Crippen molar-refractivity contribution in [1.29, 1.82) is 0 Å². The summed E-state index contributed by atoms with van der Waals surface area (Å²) < 4.78 is 31.6. The first-order valence-corrected chi connectivity index (χ1v) is 4.76. The van der Waals surface area contributed by atoms with Crippen LogP contribution in [0.5, 0.6) is 0 Å². The van der Waals surface area contributed by atoms with Crippen molar-refractivity contribution < 1.29 is 27.7 Å². The molecule has 0 aromatic rings. The van der Waals surface area contributed by atoms with E-state index in [1.165, 1.54) is 12.2 Å². The van der Waals surface area contributed by atoms with Gasteiger partial charge >= 0.3 is 10.4 Å². The van der Waals surface area contributed by atoms with Gasteiger partial charge in [0.05, 0.1) is 0 Å². The van der Waals surface area contributed by atoms with E-state index >= 15 is 0 Å². The van der Waals surface area contributed by atoms with Crippen LogP contribution in [0.2, 0.25) is 0 Å². The molecule has 8 N–H and O–H groups in total. The molecule has 0 aromatic heterocycles. The molecular formula is C6H16N2O6S. The molecule has 2 unspecified atom stereocenters. The molecule has 0 rings (SSSR count). The normalized spacial score (nSPS) is 13.2. The van der Waals surface area contributed by atoms with Crippen LogP contribution in [0.4, 0.5) is 0 Å². The van der Waals surface area contributed by atoms with Gasteiger partial charge in [-0.05, 0) is 12.2 Å². The second-order valence-corrected chi connectivity index (χ2v) is 2.80. The maximum absolute atomic E-state index is 8.74. The van der Waals surface area contributed by atoms with E-state index in [1.54, 1.807) is 0 Å². The summed E-state index contributed by atoms with van der Waals surface area (Å²) in [5, 5.41) is 16.0. The second kappa shape index (κ2) is 11.3. The Hall–Kier alpha value is -0.810. The minimum atomic E-state index is -4.67. The summed E-state index contributed by atoms with van der Waals surface area (Å²) in [6.07, 6.45) is 0.796. The topological polar surface area (TPSA) is 167 Å². The Balaban J connectivity index is -0.000000144. The Morgan fingerprint density at radius 1 is 1.00 bits per heavy atom. The molecule has 0 spiro atoms. The van der Waals surface area contributed by atoms with Crippen LogP contribution in [0.25, 0.3) is 0 Å². The molecule has 0 radical (unpaired) electrons. The molecule has 0 saturated carbocycles. The highest BCUT2D eigenvalue weighted by Gasteiger charge is 1.84. The predicted octanol–water partition coefficient (Wildman–Crippen LogP) is -1.75. The van der Waals surface area contributed by atoms with E-state index in [0.717, 1.165) is 0 Å². The van der Waals surface area contributed by atoms with Crippen LogP contribution in [-0.2, 0) is 10.4 Å². The van der Waals surface area contributed by atoms with Gasteiger partial charge in [0, 0.05) is 0 Å². The van der Waals surface area contributed by atoms with Gasteiger partial charge in [-0.15, -0.1) is 0 Å². The molecule has 0 fully saturated rings. The number of aliphatic hydroxyl groups excluding tert-OH is 2. The quantitative estimate of drug-likeness (QED) is 0.189. The fourth-order valence-corrected chi connectivity index (χ4v) is 0. The Morgan fingerprint density at radius 2 is 1.07 bits per heavy atom. The van der Waals surface area contributed by atoms with Gasteiger partial charge in [0.25, 0.3) is 0 Å². The van der Waals surface area contributed by atoms with Crippen LogP contribution in [0.15, 0.2) is 25.3 Å². The lowest BCUT2D eigenvalue weighted by Gasteiger charge is -1.85. The van der Waals surface area contributed by atoms with E-state index in [9.17, 15) is 0 Å². The molecule has 0 saturated heterocycles. The second-order valence-electron chi connectivity index (χ2n) is 1.90. The largest absolute Gasteiger partial charge is 0.394 e. The van der Waals surface area contributed by atoms with Gasteiger partial charge in [0.15, 0.2) is 0 Å². The van der Waals surface area contributed by atoms with Crippen molar-refractivity contribution in [3.8, 4) is 0 Å². The Labute approximate surface area is 88.1 Å². The number of nitrogens with two attached hydrogens (primary N) is 2. The summed E-state index contributed by atoms with van der Waals surface area (Å²) in [5.41, 5.74) is 9.46. The Bertz CT molecular complexity index is 228. The average molecular weight is 244 g/mol. The molecular weight excluding hydrogens is 228 g/mol. The zero-order valence-electron chi connectivity index (χ0n) is 7.89. The average Bonchev–Trinajstić information content (AvgIpc) is 2.02. The fraction of sp³-hybridized carbons (Fsp3) is 0.333. The SMILES string of the molecule is C=CC(N)O.C=CC(N)O.O=S(=O)(O)O. The van der Waals surface area contributed by atoms with Crippen LogP contribution in [0.1, 0.15) is 0 Å². The molecule has 0 aliphatic heterocycles. The van der Waals surface area contributed by atoms with E-state index in [2.05, 4.69) is 13.2 Å². The van der Waals surface area contributed by atoms with Crippen molar-refractivity contribution in [2.75, 3.05) is 0 Å². The number of hydrogen-bond acceptors (Lipinski definition) is 6. The first-order valence-electron chi connectivity index (χ1n) is 3.36. The van der Waals surface area contributed by atoms with Crippen LogP contribution in [0.3, 0.4) is 0 Å². The van der Waals surface area contributed by atoms with E-state index in [1.807, 2.05) is 0 Å². The van der Waals surface area contributed by atoms with Gasteiger partial charge in [0.2, 0.25) is 0 Å². The number of aliphatic hydroxyl groups is 2. The molecule has 0 aromatic carbocycles. The molecule has 0 aliphatic carbocycles. The third-order valence-corrected chi connectivity index (χ3v) is 0.483. The van der Waals surface area contributed by atoms with E-state index < -0.39 is 22.9 Å². The smallest absolute Gasteiger partial charge is 0.375 e. The summed E-state index contributed by atoms with van der Waals surface area (Å²) in [5.74, 6) is 0. The van der Waals surface area contributed by atoms with E-state index in [4.69, 9.17) is 39.2 Å². The van der Waals surface area contributed by atoms with Crippen molar-refractivity contribution in [2.24, 2.45) is 11.5 Å². The lowest BCUT2D eigenvalue weighted by atomic mass is 10.6. The van der Waals surface area contributed by atoms with Gasteiger partial charge in [-0.1, -0.05) is 13.2 Å². The molecule has 9 heteroatoms. The summed E-state index contributed by atoms with van der Waals surface area (Å²) in [6, 6.07) is 0.